The van der Waals surface area contributed by atoms with Crippen molar-refractivity contribution in [2.45, 2.75) is 26.3 Å². The van der Waals surface area contributed by atoms with Gasteiger partial charge in [0.05, 0.1) is 33.9 Å². The largest absolute Gasteiger partial charge is 0.491 e. The second-order valence-corrected chi connectivity index (χ2v) is 7.66. The van der Waals surface area contributed by atoms with Crippen LogP contribution in [-0.4, -0.2) is 47.8 Å². The first-order chi connectivity index (χ1) is 15.9. The number of nitrogens with one attached hydrogen (secondary N) is 1. The summed E-state index contributed by atoms with van der Waals surface area (Å²) in [5.74, 6) is -0.0644. The molecule has 9 heteroatoms. The molecule has 1 amide bonds. The molecule has 0 aliphatic carbocycles. The quantitative estimate of drug-likeness (QED) is 0.499. The number of fused-ring (bicyclic) bond motifs is 2. The van der Waals surface area contributed by atoms with Crippen LogP contribution in [0.2, 0.25) is 0 Å². The van der Waals surface area contributed by atoms with Crippen LogP contribution in [0.5, 0.6) is 17.2 Å². The predicted molar refractivity (Wildman–Crippen MR) is 122 cm³/mol. The summed E-state index contributed by atoms with van der Waals surface area (Å²) < 4.78 is 17.2. The van der Waals surface area contributed by atoms with Crippen LogP contribution in [0.25, 0.3) is 10.9 Å². The minimum absolute atomic E-state index is 0.0463. The van der Waals surface area contributed by atoms with Crippen molar-refractivity contribution in [2.24, 2.45) is 0 Å². The number of ether oxygens (including phenoxy) is 3. The van der Waals surface area contributed by atoms with Gasteiger partial charge in [-0.05, 0) is 37.6 Å². The Morgan fingerprint density at radius 1 is 1.21 bits per heavy atom. The molecule has 1 atom stereocenters. The van der Waals surface area contributed by atoms with Crippen molar-refractivity contribution in [3.8, 4) is 17.2 Å². The second kappa shape index (κ2) is 9.23. The van der Waals surface area contributed by atoms with E-state index in [-0.39, 0.29) is 29.8 Å². The molecule has 3 aromatic rings. The second-order valence-electron chi connectivity index (χ2n) is 7.66. The van der Waals surface area contributed by atoms with E-state index < -0.39 is 5.97 Å². The number of hydrogen-bond donors (Lipinski definition) is 3. The van der Waals surface area contributed by atoms with Gasteiger partial charge in [0.1, 0.15) is 31.1 Å². The lowest BCUT2D eigenvalue weighted by Gasteiger charge is -2.22. The molecule has 0 fully saturated rings. The number of para-hydroxylation sites is 1. The van der Waals surface area contributed by atoms with Crippen LogP contribution in [0.4, 0.5) is 5.69 Å². The molecule has 1 aliphatic rings. The Balaban J connectivity index is 1.54. The Bertz CT molecular complexity index is 1230. The highest BCUT2D eigenvalue weighted by Crippen LogP contribution is 2.35. The smallest absolute Gasteiger partial charge is 0.339 e. The summed E-state index contributed by atoms with van der Waals surface area (Å²) in [6.45, 7) is 4.51. The Kier molecular flexibility index (Phi) is 6.21. The summed E-state index contributed by atoms with van der Waals surface area (Å²) in [6.07, 6.45) is 0.607. The van der Waals surface area contributed by atoms with E-state index in [1.54, 1.807) is 43.3 Å². The van der Waals surface area contributed by atoms with Gasteiger partial charge >= 0.3 is 5.97 Å². The number of amides is 1. The maximum absolute atomic E-state index is 12.9. The van der Waals surface area contributed by atoms with Gasteiger partial charge in [-0.1, -0.05) is 19.1 Å². The number of nitrogens with zero attached hydrogens (tertiary/aromatic N) is 1. The van der Waals surface area contributed by atoms with Gasteiger partial charge in [0.25, 0.3) is 5.91 Å². The number of aromatic carboxylic acids is 1. The normalized spacial score (nSPS) is 13.4. The third kappa shape index (κ3) is 4.34. The summed E-state index contributed by atoms with van der Waals surface area (Å²) in [6, 6.07) is 10.1. The number of anilines is 1. The van der Waals surface area contributed by atoms with Crippen molar-refractivity contribution in [1.82, 2.24) is 10.3 Å². The van der Waals surface area contributed by atoms with Gasteiger partial charge in [-0.25, -0.2) is 4.79 Å². The zero-order valence-electron chi connectivity index (χ0n) is 18.4. The third-order valence-electron chi connectivity index (χ3n) is 5.49. The topological polar surface area (TPSA) is 133 Å². The van der Waals surface area contributed by atoms with E-state index in [0.29, 0.717) is 59.0 Å². The van der Waals surface area contributed by atoms with E-state index in [0.717, 1.165) is 0 Å². The van der Waals surface area contributed by atoms with Gasteiger partial charge in [0.2, 0.25) is 0 Å². The molecule has 1 aromatic heterocycles. The SMILES string of the molecule is CC[C@@H](COc1cccc2nc(C)c(C(=O)O)c(N)c12)NC(=O)c1cccc2c1OCCO2. The summed E-state index contributed by atoms with van der Waals surface area (Å²) >= 11 is 0. The fraction of sp³-hybridized carbons (Fsp3) is 0.292. The van der Waals surface area contributed by atoms with E-state index in [4.69, 9.17) is 19.9 Å². The number of nitrogen functional groups attached to an aromatic ring is 1. The summed E-state index contributed by atoms with van der Waals surface area (Å²) in [4.78, 5) is 28.9. The number of aryl methyl sites for hydroxylation is 1. The molecule has 33 heavy (non-hydrogen) atoms. The molecule has 4 rings (SSSR count). The number of hydrogen-bond acceptors (Lipinski definition) is 7. The third-order valence-corrected chi connectivity index (χ3v) is 5.49. The fourth-order valence-corrected chi connectivity index (χ4v) is 3.80. The van der Waals surface area contributed by atoms with E-state index >= 15 is 0 Å². The monoisotopic (exact) mass is 451 g/mol. The van der Waals surface area contributed by atoms with Crippen molar-refractivity contribution in [1.29, 1.82) is 0 Å². The molecule has 0 spiro atoms. The molecule has 4 N–H and O–H groups in total. The highest BCUT2D eigenvalue weighted by Gasteiger charge is 2.23. The minimum atomic E-state index is -1.15. The van der Waals surface area contributed by atoms with Crippen molar-refractivity contribution >= 4 is 28.5 Å². The molecular weight excluding hydrogens is 426 g/mol. The molecule has 2 heterocycles. The van der Waals surface area contributed by atoms with Gasteiger partial charge in [0.15, 0.2) is 11.5 Å². The lowest BCUT2D eigenvalue weighted by molar-refractivity contribution is 0.0696. The average molecular weight is 451 g/mol. The Morgan fingerprint density at radius 2 is 1.97 bits per heavy atom. The molecule has 0 radical (unpaired) electrons. The molecular formula is C24H25N3O6. The number of benzene rings is 2. The van der Waals surface area contributed by atoms with Crippen LogP contribution in [0.1, 0.15) is 39.8 Å². The van der Waals surface area contributed by atoms with Gasteiger partial charge in [0, 0.05) is 0 Å². The zero-order chi connectivity index (χ0) is 23.5. The molecule has 0 bridgehead atoms. The number of carbonyl (C=O) groups is 2. The number of pyridine rings is 1. The van der Waals surface area contributed by atoms with Crippen LogP contribution in [0.15, 0.2) is 36.4 Å². The summed E-state index contributed by atoms with van der Waals surface area (Å²) in [5.41, 5.74) is 7.51. The van der Waals surface area contributed by atoms with E-state index in [1.807, 2.05) is 6.92 Å². The Hall–Kier alpha value is -4.01. The van der Waals surface area contributed by atoms with E-state index in [2.05, 4.69) is 10.3 Å². The van der Waals surface area contributed by atoms with Gasteiger partial charge < -0.3 is 30.4 Å². The predicted octanol–water partition coefficient (Wildman–Crippen LogP) is 3.18. The molecule has 172 valence electrons. The number of carboxylic acid groups (broad SMARTS) is 1. The maximum atomic E-state index is 12.9. The summed E-state index contributed by atoms with van der Waals surface area (Å²) in [5, 5.41) is 12.9. The molecule has 9 nitrogen and oxygen atoms in total. The fourth-order valence-electron chi connectivity index (χ4n) is 3.80. The lowest BCUT2D eigenvalue weighted by atomic mass is 10.1. The average Bonchev–Trinajstić information content (AvgIpc) is 2.80. The number of carboxylic acids is 1. The number of carbonyl (C=O) groups excluding carboxylic acids is 1. The molecule has 0 saturated carbocycles. The summed E-state index contributed by atoms with van der Waals surface area (Å²) in [7, 11) is 0. The first-order valence-corrected chi connectivity index (χ1v) is 10.6. The zero-order valence-corrected chi connectivity index (χ0v) is 18.4. The Morgan fingerprint density at radius 3 is 2.73 bits per heavy atom. The van der Waals surface area contributed by atoms with E-state index in [9.17, 15) is 14.7 Å². The number of aromatic nitrogens is 1. The van der Waals surface area contributed by atoms with Gasteiger partial charge in [-0.15, -0.1) is 0 Å². The van der Waals surface area contributed by atoms with Crippen molar-refractivity contribution < 1.29 is 28.9 Å². The van der Waals surface area contributed by atoms with Crippen LogP contribution in [0, 0.1) is 6.92 Å². The van der Waals surface area contributed by atoms with Crippen molar-refractivity contribution in [3.63, 3.8) is 0 Å². The molecule has 0 unspecified atom stereocenters. The van der Waals surface area contributed by atoms with Crippen LogP contribution in [-0.2, 0) is 0 Å². The molecule has 0 saturated heterocycles. The lowest BCUT2D eigenvalue weighted by Crippen LogP contribution is -2.39. The first kappa shape index (κ1) is 22.2. The van der Waals surface area contributed by atoms with Crippen LogP contribution in [0.3, 0.4) is 0 Å². The minimum Gasteiger partial charge on any atom is -0.491 e. The van der Waals surface area contributed by atoms with Crippen molar-refractivity contribution in [2.75, 3.05) is 25.6 Å². The first-order valence-electron chi connectivity index (χ1n) is 10.6. The highest BCUT2D eigenvalue weighted by molar-refractivity contribution is 6.06. The number of nitrogens with two attached hydrogens (primary N) is 1. The molecule has 2 aromatic carbocycles. The van der Waals surface area contributed by atoms with Crippen LogP contribution >= 0.6 is 0 Å². The van der Waals surface area contributed by atoms with Crippen molar-refractivity contribution in [3.05, 3.63) is 53.2 Å². The maximum Gasteiger partial charge on any atom is 0.339 e. The standard InChI is InChI=1S/C24H25N3O6/c1-3-14(27-23(28)15-6-4-9-18-22(15)32-11-10-31-18)12-33-17-8-5-7-16-20(17)21(25)19(24(29)30)13(2)26-16/h4-9,14H,3,10-12H2,1-2H3,(H2,25,26)(H,27,28)(H,29,30)/t14-/m0/s1. The van der Waals surface area contributed by atoms with E-state index in [1.165, 1.54) is 0 Å². The van der Waals surface area contributed by atoms with Crippen LogP contribution < -0.4 is 25.3 Å². The highest BCUT2D eigenvalue weighted by atomic mass is 16.6. The van der Waals surface area contributed by atoms with Gasteiger partial charge in [-0.2, -0.15) is 0 Å². The molecule has 1 aliphatic heterocycles. The number of rotatable bonds is 7. The van der Waals surface area contributed by atoms with Gasteiger partial charge in [-0.3, -0.25) is 9.78 Å². The Labute approximate surface area is 190 Å².